The summed E-state index contributed by atoms with van der Waals surface area (Å²) in [6.45, 7) is 40.1. The van der Waals surface area contributed by atoms with E-state index in [0.717, 1.165) is 36.7 Å². The minimum Gasteiger partial charge on any atom is -1.00 e. The Morgan fingerprint density at radius 3 is 0.896 bits per heavy atom. The summed E-state index contributed by atoms with van der Waals surface area (Å²) >= 11 is 0. The van der Waals surface area contributed by atoms with Crippen LogP contribution in [-0.4, -0.2) is 36.7 Å². The summed E-state index contributed by atoms with van der Waals surface area (Å²) in [5.41, 5.74) is 11.3. The molecule has 276 valence electrons. The largest absolute Gasteiger partial charge is 6.00 e. The molecule has 0 radical (unpaired) electrons. The monoisotopic (exact) mass is 810 g/mol. The van der Waals surface area contributed by atoms with Crippen LogP contribution in [0.25, 0.3) is 0 Å². The van der Waals surface area contributed by atoms with Gasteiger partial charge in [-0.3, -0.25) is 0 Å². The molecule has 1 heterocycles. The third-order valence-electron chi connectivity index (χ3n) is 9.05. The van der Waals surface area contributed by atoms with Gasteiger partial charge in [0.1, 0.15) is 0 Å². The topological polar surface area (TPSA) is 6.48 Å². The molecule has 0 bridgehead atoms. The maximum absolute atomic E-state index is 2.55. The smallest absolute Gasteiger partial charge is 1.00 e. The summed E-state index contributed by atoms with van der Waals surface area (Å²) in [7, 11) is 0.262. The maximum Gasteiger partial charge on any atom is 6.00 e. The van der Waals surface area contributed by atoms with E-state index in [9.17, 15) is 0 Å². The summed E-state index contributed by atoms with van der Waals surface area (Å²) in [6.07, 6.45) is 5.54. The SMILES string of the molecule is CC(C)P(C(C)C)C(C)C.CC(C)c1cc(C(C)C)cc(N2CCN(c3cc(C(C)C)cc(C(C)C)c3)C2)c1.CCCCCC.[Cl-].[Cl-].[Ru+6]. The Kier molecular flexibility index (Phi) is 28.7. The van der Waals surface area contributed by atoms with Gasteiger partial charge in [-0.1, -0.05) is 157 Å². The molecule has 2 nitrogen and oxygen atoms in total. The summed E-state index contributed by atoms with van der Waals surface area (Å²) in [5, 5.41) is 0. The van der Waals surface area contributed by atoms with Crippen molar-refractivity contribution < 1.29 is 44.3 Å². The fourth-order valence-electron chi connectivity index (χ4n) is 6.32. The van der Waals surface area contributed by atoms with E-state index in [4.69, 9.17) is 0 Å². The van der Waals surface area contributed by atoms with Gasteiger partial charge in [-0.15, -0.1) is 0 Å². The maximum atomic E-state index is 2.55. The van der Waals surface area contributed by atoms with Crippen LogP contribution >= 0.6 is 7.92 Å². The number of nitrogens with zero attached hydrogens (tertiary/aromatic N) is 2. The summed E-state index contributed by atoms with van der Waals surface area (Å²) in [5.74, 6) is 2.23. The normalized spacial score (nSPS) is 12.8. The first-order valence-electron chi connectivity index (χ1n) is 18.6. The van der Waals surface area contributed by atoms with E-state index < -0.39 is 0 Å². The van der Waals surface area contributed by atoms with Gasteiger partial charge < -0.3 is 34.6 Å². The third kappa shape index (κ3) is 17.7. The number of halogens is 2. The number of anilines is 2. The molecule has 0 N–H and O–H groups in total. The van der Waals surface area contributed by atoms with Crippen LogP contribution in [0, 0.1) is 0 Å². The first-order chi connectivity index (χ1) is 21.0. The quantitative estimate of drug-likeness (QED) is 0.123. The minimum atomic E-state index is 0. The second-order valence-corrected chi connectivity index (χ2v) is 19.4. The zero-order valence-electron chi connectivity index (χ0n) is 33.9. The molecule has 2 aromatic rings. The van der Waals surface area contributed by atoms with Gasteiger partial charge >= 0.3 is 19.5 Å². The van der Waals surface area contributed by atoms with Crippen molar-refractivity contribution in [3.05, 3.63) is 58.7 Å². The molecule has 3 rings (SSSR count). The number of rotatable bonds is 12. The van der Waals surface area contributed by atoms with Gasteiger partial charge in [-0.25, -0.2) is 0 Å². The summed E-state index contributed by atoms with van der Waals surface area (Å²) in [4.78, 5) is 5.10. The Morgan fingerprint density at radius 1 is 0.479 bits per heavy atom. The number of hydrogen-bond acceptors (Lipinski definition) is 2. The van der Waals surface area contributed by atoms with Gasteiger partial charge in [0.25, 0.3) is 0 Å². The minimum absolute atomic E-state index is 0. The number of benzene rings is 2. The number of unbranched alkanes of at least 4 members (excludes halogenated alkanes) is 3. The molecule has 1 aliphatic rings. The Balaban J connectivity index is -0.000000894. The second kappa shape index (κ2) is 26.4. The molecular weight excluding hydrogens is 735 g/mol. The fraction of sp³-hybridized carbons (Fsp3) is 0.714. The van der Waals surface area contributed by atoms with Crippen LogP contribution in [0.5, 0.6) is 0 Å². The standard InChI is InChI=1S/C27H40N2.C9H21P.C6H14.2ClH.Ru/c1-18(2)22-11-23(19(3)4)14-26(13-22)28-9-10-29(17-28)27-15-24(20(5)6)12-25(16-27)21(7)8;1-7(2)10(8(3)4)9(5)6;1-3-5-6-4-2;;;/h11-16,18-21H,9-10,17H2,1-8H3;7-9H,1-6H3;3-6H2,1-2H3;2*1H;/q;;;;;+6/p-2. The first-order valence-corrected chi connectivity index (χ1v) is 20.2. The van der Waals surface area contributed by atoms with Gasteiger partial charge in [0, 0.05) is 24.5 Å². The van der Waals surface area contributed by atoms with Crippen LogP contribution in [0.2, 0.25) is 0 Å². The van der Waals surface area contributed by atoms with Gasteiger partial charge in [-0.05, 0) is 87.2 Å². The molecule has 2 aromatic carbocycles. The van der Waals surface area contributed by atoms with Crippen molar-refractivity contribution >= 4 is 19.3 Å². The molecule has 1 saturated heterocycles. The molecule has 0 unspecified atom stereocenters. The average molecular weight is 811 g/mol. The molecule has 0 spiro atoms. The molecule has 1 aliphatic heterocycles. The van der Waals surface area contributed by atoms with Crippen molar-refractivity contribution in [2.75, 3.05) is 29.6 Å². The van der Waals surface area contributed by atoms with Crippen molar-refractivity contribution in [1.29, 1.82) is 0 Å². The third-order valence-corrected chi connectivity index (χ3v) is 12.6. The summed E-state index contributed by atoms with van der Waals surface area (Å²) in [6, 6.07) is 14.4. The molecular formula is C42H75Cl2N2PRu+4. The molecule has 0 aromatic heterocycles. The number of hydrogen-bond donors (Lipinski definition) is 0. The van der Waals surface area contributed by atoms with Crippen molar-refractivity contribution in [3.8, 4) is 0 Å². The molecule has 0 aliphatic carbocycles. The zero-order valence-corrected chi connectivity index (χ0v) is 38.1. The van der Waals surface area contributed by atoms with Crippen molar-refractivity contribution in [1.82, 2.24) is 0 Å². The molecule has 48 heavy (non-hydrogen) atoms. The Labute approximate surface area is 327 Å². The Morgan fingerprint density at radius 2 is 0.729 bits per heavy atom. The van der Waals surface area contributed by atoms with Crippen molar-refractivity contribution in [2.45, 2.75) is 177 Å². The van der Waals surface area contributed by atoms with Crippen LogP contribution in [0.4, 0.5) is 11.4 Å². The Hall–Kier alpha value is -0.327. The zero-order chi connectivity index (χ0) is 34.4. The first kappa shape index (κ1) is 52.0. The predicted octanol–water partition coefficient (Wildman–Crippen LogP) is 7.75. The van der Waals surface area contributed by atoms with E-state index in [1.807, 2.05) is 0 Å². The van der Waals surface area contributed by atoms with E-state index in [-0.39, 0.29) is 52.2 Å². The molecule has 1 fully saturated rings. The van der Waals surface area contributed by atoms with Gasteiger partial charge in [0.05, 0.1) is 6.67 Å². The van der Waals surface area contributed by atoms with Gasteiger partial charge in [0.2, 0.25) is 0 Å². The van der Waals surface area contributed by atoms with Crippen LogP contribution < -0.4 is 34.6 Å². The van der Waals surface area contributed by atoms with Crippen molar-refractivity contribution in [3.63, 3.8) is 0 Å². The van der Waals surface area contributed by atoms with Gasteiger partial charge in [-0.2, -0.15) is 0 Å². The van der Waals surface area contributed by atoms with E-state index in [1.54, 1.807) is 0 Å². The summed E-state index contributed by atoms with van der Waals surface area (Å²) < 4.78 is 0. The van der Waals surface area contributed by atoms with Crippen LogP contribution in [0.3, 0.4) is 0 Å². The van der Waals surface area contributed by atoms with E-state index in [1.165, 1.54) is 59.3 Å². The van der Waals surface area contributed by atoms with E-state index in [0.29, 0.717) is 23.7 Å². The fourth-order valence-corrected chi connectivity index (χ4v) is 9.89. The predicted molar refractivity (Wildman–Crippen MR) is 211 cm³/mol. The van der Waals surface area contributed by atoms with Gasteiger partial charge in [0.15, 0.2) is 0 Å². The molecule has 6 heteroatoms. The second-order valence-electron chi connectivity index (χ2n) is 15.4. The van der Waals surface area contributed by atoms with Crippen LogP contribution in [0.15, 0.2) is 36.4 Å². The molecule has 0 atom stereocenters. The molecule has 0 saturated carbocycles. The average Bonchev–Trinajstić information content (AvgIpc) is 3.46. The Bertz CT molecular complexity index is 956. The van der Waals surface area contributed by atoms with Crippen LogP contribution in [0.1, 0.15) is 182 Å². The van der Waals surface area contributed by atoms with E-state index >= 15 is 0 Å². The van der Waals surface area contributed by atoms with Crippen LogP contribution in [-0.2, 0) is 19.5 Å². The molecule has 0 amide bonds. The van der Waals surface area contributed by atoms with E-state index in [2.05, 4.69) is 157 Å². The van der Waals surface area contributed by atoms with Crippen molar-refractivity contribution in [2.24, 2.45) is 0 Å².